The molecule has 0 atom stereocenters. The summed E-state index contributed by atoms with van der Waals surface area (Å²) in [4.78, 5) is 3.71. The van der Waals surface area contributed by atoms with Crippen LogP contribution in [-0.4, -0.2) is 23.1 Å². The zero-order valence-electron chi connectivity index (χ0n) is 6.78. The van der Waals surface area contributed by atoms with Crippen molar-refractivity contribution in [2.24, 2.45) is 0 Å². The summed E-state index contributed by atoms with van der Waals surface area (Å²) in [6.45, 7) is -0.784. The molecule has 72 valence electrons. The Morgan fingerprint density at radius 3 is 2.69 bits per heavy atom. The lowest BCUT2D eigenvalue weighted by molar-refractivity contribution is 0.0795. The van der Waals surface area contributed by atoms with Gasteiger partial charge in [0, 0.05) is 12.3 Å². The van der Waals surface area contributed by atoms with Crippen molar-refractivity contribution in [3.05, 3.63) is 23.9 Å². The molecule has 0 aliphatic heterocycles. The molecule has 1 aromatic heterocycles. The number of rotatable bonds is 4. The molecule has 0 saturated carbocycles. The quantitative estimate of drug-likeness (QED) is 0.774. The highest BCUT2D eigenvalue weighted by Gasteiger charge is 2.03. The number of aromatic nitrogens is 1. The number of pyridine rings is 1. The van der Waals surface area contributed by atoms with Crippen molar-refractivity contribution in [2.75, 3.05) is 6.61 Å². The summed E-state index contributed by atoms with van der Waals surface area (Å²) in [5.74, 6) is 0.137. The van der Waals surface area contributed by atoms with E-state index >= 15 is 0 Å². The molecule has 13 heavy (non-hydrogen) atoms. The lowest BCUT2D eigenvalue weighted by atomic mass is 10.3. The maximum Gasteiger partial charge on any atom is 0.272 e. The molecule has 1 aromatic rings. The van der Waals surface area contributed by atoms with Crippen LogP contribution in [0.5, 0.6) is 5.88 Å². The maximum absolute atomic E-state index is 11.7. The number of aliphatic hydroxyl groups is 1. The topological polar surface area (TPSA) is 42.4 Å². The van der Waals surface area contributed by atoms with Crippen molar-refractivity contribution < 1.29 is 18.6 Å². The Kier molecular flexibility index (Phi) is 3.57. The zero-order valence-corrected chi connectivity index (χ0v) is 6.78. The van der Waals surface area contributed by atoms with Gasteiger partial charge in [-0.2, -0.15) is 0 Å². The largest absolute Gasteiger partial charge is 0.472 e. The number of ether oxygens (including phenoxy) is 1. The van der Waals surface area contributed by atoms with E-state index in [0.29, 0.717) is 5.56 Å². The maximum atomic E-state index is 11.7. The van der Waals surface area contributed by atoms with Crippen molar-refractivity contribution in [3.63, 3.8) is 0 Å². The summed E-state index contributed by atoms with van der Waals surface area (Å²) in [7, 11) is 0. The Balaban J connectivity index is 2.49. The molecule has 0 spiro atoms. The first-order valence-corrected chi connectivity index (χ1v) is 3.69. The molecule has 0 fully saturated rings. The molecule has 0 bridgehead atoms. The van der Waals surface area contributed by atoms with Gasteiger partial charge in [0.15, 0.2) is 6.61 Å². The lowest BCUT2D eigenvalue weighted by Gasteiger charge is -2.03. The Morgan fingerprint density at radius 2 is 2.23 bits per heavy atom. The van der Waals surface area contributed by atoms with Gasteiger partial charge in [0.25, 0.3) is 6.43 Å². The van der Waals surface area contributed by atoms with Crippen LogP contribution in [0.15, 0.2) is 18.3 Å². The molecule has 1 heterocycles. The second kappa shape index (κ2) is 4.71. The van der Waals surface area contributed by atoms with Gasteiger partial charge in [-0.05, 0) is 11.6 Å². The number of hydrogen-bond acceptors (Lipinski definition) is 3. The fourth-order valence-electron chi connectivity index (χ4n) is 0.738. The minimum atomic E-state index is -2.50. The van der Waals surface area contributed by atoms with Crippen molar-refractivity contribution in [1.29, 1.82) is 0 Å². The zero-order chi connectivity index (χ0) is 9.68. The number of halogens is 2. The Hall–Kier alpha value is -1.23. The molecule has 0 unspecified atom stereocenters. The summed E-state index contributed by atoms with van der Waals surface area (Å²) >= 11 is 0. The van der Waals surface area contributed by atoms with Crippen LogP contribution in [0.3, 0.4) is 0 Å². The van der Waals surface area contributed by atoms with Crippen LogP contribution in [0.4, 0.5) is 8.78 Å². The van der Waals surface area contributed by atoms with Crippen LogP contribution in [-0.2, 0) is 6.61 Å². The smallest absolute Gasteiger partial charge is 0.272 e. The van der Waals surface area contributed by atoms with E-state index in [0.717, 1.165) is 0 Å². The molecule has 5 heteroatoms. The van der Waals surface area contributed by atoms with Gasteiger partial charge < -0.3 is 9.84 Å². The summed E-state index contributed by atoms with van der Waals surface area (Å²) in [5, 5.41) is 8.65. The summed E-state index contributed by atoms with van der Waals surface area (Å²) in [5.41, 5.74) is 0.615. The van der Waals surface area contributed by atoms with Gasteiger partial charge in [-0.1, -0.05) is 0 Å². The molecule has 3 nitrogen and oxygen atoms in total. The van der Waals surface area contributed by atoms with Crippen LogP contribution in [0.25, 0.3) is 0 Å². The fourth-order valence-corrected chi connectivity index (χ4v) is 0.738. The van der Waals surface area contributed by atoms with Crippen molar-refractivity contribution in [3.8, 4) is 5.88 Å². The summed E-state index contributed by atoms with van der Waals surface area (Å²) < 4.78 is 28.0. The first-order valence-electron chi connectivity index (χ1n) is 3.69. The molecule has 0 saturated heterocycles. The van der Waals surface area contributed by atoms with Gasteiger partial charge >= 0.3 is 0 Å². The van der Waals surface area contributed by atoms with E-state index in [1.165, 1.54) is 12.3 Å². The van der Waals surface area contributed by atoms with Crippen LogP contribution >= 0.6 is 0 Å². The van der Waals surface area contributed by atoms with Gasteiger partial charge in [0.2, 0.25) is 5.88 Å². The fraction of sp³-hybridized carbons (Fsp3) is 0.375. The van der Waals surface area contributed by atoms with Gasteiger partial charge in [0.05, 0.1) is 6.61 Å². The third-order valence-electron chi connectivity index (χ3n) is 1.34. The molecule has 1 rings (SSSR count). The highest BCUT2D eigenvalue weighted by atomic mass is 19.3. The first-order chi connectivity index (χ1) is 6.22. The molecule has 0 amide bonds. The Bertz CT molecular complexity index is 251. The standard InChI is InChI=1S/C8H9F2NO2/c9-7(10)5-13-8-2-1-6(4-12)3-11-8/h1-3,7,12H,4-5H2. The monoisotopic (exact) mass is 189 g/mol. The van der Waals surface area contributed by atoms with Crippen molar-refractivity contribution >= 4 is 0 Å². The van der Waals surface area contributed by atoms with E-state index in [2.05, 4.69) is 9.72 Å². The Labute approximate surface area is 74.0 Å². The molecular formula is C8H9F2NO2. The molecule has 1 N–H and O–H groups in total. The van der Waals surface area contributed by atoms with Gasteiger partial charge in [-0.3, -0.25) is 0 Å². The molecule has 0 aliphatic rings. The van der Waals surface area contributed by atoms with Gasteiger partial charge in [-0.25, -0.2) is 13.8 Å². The van der Waals surface area contributed by atoms with Gasteiger partial charge in [0.1, 0.15) is 0 Å². The predicted octanol–water partition coefficient (Wildman–Crippen LogP) is 1.22. The molecular weight excluding hydrogens is 180 g/mol. The number of nitrogens with zero attached hydrogens (tertiary/aromatic N) is 1. The van der Waals surface area contributed by atoms with Crippen LogP contribution in [0.2, 0.25) is 0 Å². The number of aliphatic hydroxyl groups excluding tert-OH is 1. The molecule has 0 aromatic carbocycles. The highest BCUT2D eigenvalue weighted by Crippen LogP contribution is 2.08. The third-order valence-corrected chi connectivity index (χ3v) is 1.34. The minimum absolute atomic E-state index is 0.123. The summed E-state index contributed by atoms with van der Waals surface area (Å²) in [6.07, 6.45) is -1.12. The van der Waals surface area contributed by atoms with E-state index < -0.39 is 13.0 Å². The van der Waals surface area contributed by atoms with E-state index in [1.54, 1.807) is 6.07 Å². The minimum Gasteiger partial charge on any atom is -0.472 e. The van der Waals surface area contributed by atoms with Crippen LogP contribution < -0.4 is 4.74 Å². The first kappa shape index (κ1) is 9.85. The third kappa shape index (κ3) is 3.33. The van der Waals surface area contributed by atoms with Crippen LogP contribution in [0, 0.1) is 0 Å². The van der Waals surface area contributed by atoms with Gasteiger partial charge in [-0.15, -0.1) is 0 Å². The Morgan fingerprint density at radius 1 is 1.46 bits per heavy atom. The summed E-state index contributed by atoms with van der Waals surface area (Å²) in [6, 6.07) is 3.00. The second-order valence-electron chi connectivity index (χ2n) is 2.36. The molecule has 0 aliphatic carbocycles. The van der Waals surface area contributed by atoms with E-state index in [4.69, 9.17) is 5.11 Å². The van der Waals surface area contributed by atoms with E-state index in [-0.39, 0.29) is 12.5 Å². The van der Waals surface area contributed by atoms with E-state index in [1.807, 2.05) is 0 Å². The van der Waals surface area contributed by atoms with Crippen molar-refractivity contribution in [1.82, 2.24) is 4.98 Å². The SMILES string of the molecule is OCc1ccc(OCC(F)F)nc1. The highest BCUT2D eigenvalue weighted by molar-refractivity contribution is 5.16. The average molecular weight is 189 g/mol. The van der Waals surface area contributed by atoms with Crippen molar-refractivity contribution in [2.45, 2.75) is 13.0 Å². The normalized spacial score (nSPS) is 10.5. The number of hydrogen-bond donors (Lipinski definition) is 1. The predicted molar refractivity (Wildman–Crippen MR) is 41.7 cm³/mol. The number of alkyl halides is 2. The molecule has 0 radical (unpaired) electrons. The average Bonchev–Trinajstić information content (AvgIpc) is 2.15. The van der Waals surface area contributed by atoms with Crippen LogP contribution in [0.1, 0.15) is 5.56 Å². The lowest BCUT2D eigenvalue weighted by Crippen LogP contribution is -2.07. The van der Waals surface area contributed by atoms with E-state index in [9.17, 15) is 8.78 Å². The second-order valence-corrected chi connectivity index (χ2v) is 2.36.